The molecule has 0 aliphatic carbocycles. The fourth-order valence-electron chi connectivity index (χ4n) is 1.76. The van der Waals surface area contributed by atoms with Crippen LogP contribution in [0.2, 0.25) is 0 Å². The molecule has 0 radical (unpaired) electrons. The Balaban J connectivity index is 3.00. The van der Waals surface area contributed by atoms with Gasteiger partial charge in [0.25, 0.3) is 0 Å². The average molecular weight is 300 g/mol. The van der Waals surface area contributed by atoms with Gasteiger partial charge in [-0.05, 0) is 24.6 Å². The van der Waals surface area contributed by atoms with E-state index in [-0.39, 0.29) is 10.5 Å². The van der Waals surface area contributed by atoms with Crippen molar-refractivity contribution in [2.75, 3.05) is 19.5 Å². The molecular formula is C14H20O5S. The van der Waals surface area contributed by atoms with Gasteiger partial charge >= 0.3 is 0 Å². The lowest BCUT2D eigenvalue weighted by atomic mass is 10.1. The molecule has 0 spiro atoms. The number of Topliss-reactive ketones (excluding diaryl/α,β-unsaturated/α-hetero) is 1. The molecule has 0 unspecified atom stereocenters. The maximum absolute atomic E-state index is 11.7. The third-order valence-corrected chi connectivity index (χ3v) is 3.95. The van der Waals surface area contributed by atoms with Gasteiger partial charge in [-0.25, -0.2) is 8.42 Å². The highest BCUT2D eigenvalue weighted by Crippen LogP contribution is 2.23. The summed E-state index contributed by atoms with van der Waals surface area (Å²) in [7, 11) is -3.56. The number of hydrogen-bond donors (Lipinski definition) is 1. The molecular weight excluding hydrogens is 280 g/mol. The topological polar surface area (TPSA) is 80.7 Å². The lowest BCUT2D eigenvalue weighted by molar-refractivity contribution is 0.0900. The number of rotatable bonds is 8. The minimum Gasteiger partial charge on any atom is -0.494 e. The molecule has 0 heterocycles. The summed E-state index contributed by atoms with van der Waals surface area (Å²) in [5.74, 6) is -0.209. The van der Waals surface area contributed by atoms with Crippen LogP contribution in [0.3, 0.4) is 0 Å². The minimum atomic E-state index is -3.56. The zero-order chi connectivity index (χ0) is 15.2. The Hall–Kier alpha value is -1.40. The SMILES string of the molecule is CCCCCOc1ccc(C(=O)CO)c(S(C)(=O)=O)c1. The Labute approximate surface area is 119 Å². The van der Waals surface area contributed by atoms with Crippen molar-refractivity contribution in [3.8, 4) is 5.75 Å². The molecule has 1 rings (SSSR count). The van der Waals surface area contributed by atoms with E-state index >= 15 is 0 Å². The van der Waals surface area contributed by atoms with E-state index in [1.54, 1.807) is 6.07 Å². The first-order chi connectivity index (χ1) is 9.40. The highest BCUT2D eigenvalue weighted by Gasteiger charge is 2.19. The van der Waals surface area contributed by atoms with Gasteiger partial charge in [0, 0.05) is 11.8 Å². The Morgan fingerprint density at radius 2 is 2.00 bits per heavy atom. The van der Waals surface area contributed by atoms with E-state index in [0.29, 0.717) is 12.4 Å². The molecule has 0 aliphatic heterocycles. The number of ether oxygens (including phenoxy) is 1. The molecule has 0 amide bonds. The van der Waals surface area contributed by atoms with Crippen LogP contribution in [0.15, 0.2) is 23.1 Å². The molecule has 0 bridgehead atoms. The number of aliphatic hydroxyl groups is 1. The van der Waals surface area contributed by atoms with Crippen molar-refractivity contribution in [2.24, 2.45) is 0 Å². The zero-order valence-corrected chi connectivity index (χ0v) is 12.6. The average Bonchev–Trinajstić information content (AvgIpc) is 2.41. The number of sulfone groups is 1. The maximum atomic E-state index is 11.7. The quantitative estimate of drug-likeness (QED) is 0.585. The molecule has 5 nitrogen and oxygen atoms in total. The molecule has 0 aromatic heterocycles. The van der Waals surface area contributed by atoms with Crippen LogP contribution in [0, 0.1) is 0 Å². The normalized spacial score (nSPS) is 11.3. The van der Waals surface area contributed by atoms with E-state index in [2.05, 4.69) is 6.92 Å². The van der Waals surface area contributed by atoms with Crippen LogP contribution in [0.25, 0.3) is 0 Å². The van der Waals surface area contributed by atoms with E-state index in [9.17, 15) is 13.2 Å². The Morgan fingerprint density at radius 1 is 1.30 bits per heavy atom. The van der Waals surface area contributed by atoms with Gasteiger partial charge in [-0.2, -0.15) is 0 Å². The Kier molecular flexibility index (Phi) is 6.16. The summed E-state index contributed by atoms with van der Waals surface area (Å²) in [5, 5.41) is 8.87. The summed E-state index contributed by atoms with van der Waals surface area (Å²) in [6, 6.07) is 4.26. The van der Waals surface area contributed by atoms with Gasteiger partial charge in [-0.15, -0.1) is 0 Å². The first kappa shape index (κ1) is 16.7. The number of ketones is 1. The lowest BCUT2D eigenvalue weighted by Crippen LogP contribution is -2.11. The van der Waals surface area contributed by atoms with Crippen LogP contribution < -0.4 is 4.74 Å². The minimum absolute atomic E-state index is 0.00379. The van der Waals surface area contributed by atoms with Crippen LogP contribution in [0.4, 0.5) is 0 Å². The smallest absolute Gasteiger partial charge is 0.189 e. The number of hydrogen-bond acceptors (Lipinski definition) is 5. The standard InChI is InChI=1S/C14H20O5S/c1-3-4-5-8-19-11-6-7-12(13(16)10-15)14(9-11)20(2,17)18/h6-7,9,15H,3-5,8,10H2,1-2H3. The van der Waals surface area contributed by atoms with Gasteiger partial charge in [-0.3, -0.25) is 4.79 Å². The van der Waals surface area contributed by atoms with Crippen molar-refractivity contribution in [1.82, 2.24) is 0 Å². The summed E-state index contributed by atoms with van der Waals surface area (Å²) in [6.07, 6.45) is 4.03. The van der Waals surface area contributed by atoms with Crippen molar-refractivity contribution in [3.05, 3.63) is 23.8 Å². The fourth-order valence-corrected chi connectivity index (χ4v) is 2.67. The molecule has 112 valence electrons. The van der Waals surface area contributed by atoms with Crippen molar-refractivity contribution in [3.63, 3.8) is 0 Å². The first-order valence-electron chi connectivity index (χ1n) is 6.51. The van der Waals surface area contributed by atoms with Crippen LogP contribution in [-0.4, -0.2) is 38.8 Å². The zero-order valence-electron chi connectivity index (χ0n) is 11.8. The monoisotopic (exact) mass is 300 g/mol. The van der Waals surface area contributed by atoms with Crippen LogP contribution in [-0.2, 0) is 9.84 Å². The van der Waals surface area contributed by atoms with E-state index < -0.39 is 22.2 Å². The third kappa shape index (κ3) is 4.61. The van der Waals surface area contributed by atoms with Crippen LogP contribution in [0.5, 0.6) is 5.75 Å². The molecule has 1 aromatic rings. The van der Waals surface area contributed by atoms with Gasteiger partial charge in [0.1, 0.15) is 12.4 Å². The van der Waals surface area contributed by atoms with Gasteiger partial charge in [0.2, 0.25) is 0 Å². The largest absolute Gasteiger partial charge is 0.494 e. The molecule has 6 heteroatoms. The van der Waals surface area contributed by atoms with Gasteiger partial charge < -0.3 is 9.84 Å². The second-order valence-electron chi connectivity index (χ2n) is 4.57. The summed E-state index contributed by atoms with van der Waals surface area (Å²) in [5.41, 5.74) is -0.00379. The lowest BCUT2D eigenvalue weighted by Gasteiger charge is -2.10. The number of benzene rings is 1. The highest BCUT2D eigenvalue weighted by molar-refractivity contribution is 7.90. The predicted molar refractivity (Wildman–Crippen MR) is 76.0 cm³/mol. The summed E-state index contributed by atoms with van der Waals surface area (Å²) < 4.78 is 28.9. The molecule has 0 atom stereocenters. The van der Waals surface area contributed by atoms with Gasteiger partial charge in [-0.1, -0.05) is 19.8 Å². The number of unbranched alkanes of at least 4 members (excludes halogenated alkanes) is 2. The number of carbonyl (C=O) groups excluding carboxylic acids is 1. The van der Waals surface area contributed by atoms with Crippen molar-refractivity contribution < 1.29 is 23.1 Å². The molecule has 20 heavy (non-hydrogen) atoms. The second-order valence-corrected chi connectivity index (χ2v) is 6.55. The van der Waals surface area contributed by atoms with Crippen molar-refractivity contribution >= 4 is 15.6 Å². The van der Waals surface area contributed by atoms with Crippen molar-refractivity contribution in [2.45, 2.75) is 31.1 Å². The predicted octanol–water partition coefficient (Wildman–Crippen LogP) is 1.83. The number of aliphatic hydroxyl groups excluding tert-OH is 1. The fraction of sp³-hybridized carbons (Fsp3) is 0.500. The van der Waals surface area contributed by atoms with E-state index in [4.69, 9.17) is 9.84 Å². The van der Waals surface area contributed by atoms with Crippen LogP contribution >= 0.6 is 0 Å². The molecule has 1 N–H and O–H groups in total. The second kappa shape index (κ2) is 7.40. The molecule has 0 saturated heterocycles. The molecule has 0 aliphatic rings. The van der Waals surface area contributed by atoms with Gasteiger partial charge in [0.05, 0.1) is 11.5 Å². The Morgan fingerprint density at radius 3 is 2.55 bits per heavy atom. The molecule has 0 fully saturated rings. The highest BCUT2D eigenvalue weighted by atomic mass is 32.2. The Bertz CT molecular complexity index is 563. The molecule has 0 saturated carbocycles. The van der Waals surface area contributed by atoms with E-state index in [0.717, 1.165) is 25.5 Å². The maximum Gasteiger partial charge on any atom is 0.189 e. The van der Waals surface area contributed by atoms with Crippen LogP contribution in [0.1, 0.15) is 36.5 Å². The van der Waals surface area contributed by atoms with Gasteiger partial charge in [0.15, 0.2) is 15.6 Å². The number of carbonyl (C=O) groups is 1. The van der Waals surface area contributed by atoms with E-state index in [1.165, 1.54) is 12.1 Å². The summed E-state index contributed by atoms with van der Waals surface area (Å²) >= 11 is 0. The molecule has 1 aromatic carbocycles. The van der Waals surface area contributed by atoms with Crippen molar-refractivity contribution in [1.29, 1.82) is 0 Å². The summed E-state index contributed by atoms with van der Waals surface area (Å²) in [6.45, 7) is 1.86. The first-order valence-corrected chi connectivity index (χ1v) is 8.40. The third-order valence-electron chi connectivity index (χ3n) is 2.81. The van der Waals surface area contributed by atoms with E-state index in [1.807, 2.05) is 0 Å². The summed E-state index contributed by atoms with van der Waals surface area (Å²) in [4.78, 5) is 11.4.